The molecule has 1 aliphatic rings. The third kappa shape index (κ3) is 3.94. The lowest BCUT2D eigenvalue weighted by atomic mass is 9.85. The number of aliphatic hydroxyl groups excluding tert-OH is 1. The van der Waals surface area contributed by atoms with E-state index in [9.17, 15) is 9.90 Å². The standard InChI is InChI=1S/C16H25N3O2/c1-15(2,12-6-8-17-9-7-12)10-18-14(21)19-16(3,11-20)13-4-5-13/h6-9,13,20H,4-5,10-11H2,1-3H3,(H2,18,19,21). The van der Waals surface area contributed by atoms with Gasteiger partial charge in [0.25, 0.3) is 0 Å². The van der Waals surface area contributed by atoms with Gasteiger partial charge in [0, 0.05) is 24.4 Å². The Hall–Kier alpha value is -1.62. The van der Waals surface area contributed by atoms with Crippen molar-refractivity contribution in [1.29, 1.82) is 0 Å². The molecule has 2 amide bonds. The third-order valence-corrected chi connectivity index (χ3v) is 4.36. The number of carbonyl (C=O) groups is 1. The molecule has 1 atom stereocenters. The smallest absolute Gasteiger partial charge is 0.315 e. The number of urea groups is 1. The second-order valence-corrected chi connectivity index (χ2v) is 6.78. The molecule has 1 fully saturated rings. The van der Waals surface area contributed by atoms with Gasteiger partial charge in [-0.25, -0.2) is 4.79 Å². The SMILES string of the molecule is CC(C)(CNC(=O)NC(C)(CO)C1CC1)c1ccncc1. The second-order valence-electron chi connectivity index (χ2n) is 6.78. The molecule has 1 aromatic rings. The fraction of sp³-hybridized carbons (Fsp3) is 0.625. The average Bonchev–Trinajstić information content (AvgIpc) is 3.31. The molecule has 0 aromatic carbocycles. The van der Waals surface area contributed by atoms with Gasteiger partial charge in [-0.1, -0.05) is 13.8 Å². The maximum absolute atomic E-state index is 12.1. The van der Waals surface area contributed by atoms with Gasteiger partial charge in [0.2, 0.25) is 0 Å². The highest BCUT2D eigenvalue weighted by Gasteiger charge is 2.42. The molecule has 2 rings (SSSR count). The highest BCUT2D eigenvalue weighted by atomic mass is 16.3. The van der Waals surface area contributed by atoms with Gasteiger partial charge in [0.1, 0.15) is 0 Å². The van der Waals surface area contributed by atoms with Crippen LogP contribution in [0.1, 0.15) is 39.2 Å². The molecule has 1 heterocycles. The summed E-state index contributed by atoms with van der Waals surface area (Å²) in [7, 11) is 0. The van der Waals surface area contributed by atoms with E-state index in [0.717, 1.165) is 18.4 Å². The lowest BCUT2D eigenvalue weighted by molar-refractivity contribution is 0.154. The Bertz CT molecular complexity index is 486. The number of aliphatic hydroxyl groups is 1. The van der Waals surface area contributed by atoms with E-state index in [1.54, 1.807) is 12.4 Å². The van der Waals surface area contributed by atoms with Crippen LogP contribution in [0.25, 0.3) is 0 Å². The Morgan fingerprint density at radius 1 is 1.33 bits per heavy atom. The lowest BCUT2D eigenvalue weighted by Gasteiger charge is -2.30. The van der Waals surface area contributed by atoms with E-state index in [1.165, 1.54) is 0 Å². The number of carbonyl (C=O) groups excluding carboxylic acids is 1. The maximum Gasteiger partial charge on any atom is 0.315 e. The molecule has 1 aliphatic carbocycles. The minimum Gasteiger partial charge on any atom is -0.394 e. The number of amides is 2. The molecule has 21 heavy (non-hydrogen) atoms. The van der Waals surface area contributed by atoms with Crippen LogP contribution in [0.15, 0.2) is 24.5 Å². The Morgan fingerprint density at radius 3 is 2.48 bits per heavy atom. The predicted molar refractivity (Wildman–Crippen MR) is 82.0 cm³/mol. The largest absolute Gasteiger partial charge is 0.394 e. The van der Waals surface area contributed by atoms with E-state index < -0.39 is 5.54 Å². The molecule has 1 unspecified atom stereocenters. The zero-order valence-corrected chi connectivity index (χ0v) is 13.0. The topological polar surface area (TPSA) is 74.2 Å². The van der Waals surface area contributed by atoms with E-state index in [-0.39, 0.29) is 18.1 Å². The summed E-state index contributed by atoms with van der Waals surface area (Å²) in [4.78, 5) is 16.1. The molecule has 0 radical (unpaired) electrons. The van der Waals surface area contributed by atoms with Crippen molar-refractivity contribution in [3.8, 4) is 0 Å². The van der Waals surface area contributed by atoms with Crippen LogP contribution >= 0.6 is 0 Å². The molecule has 0 aliphatic heterocycles. The first kappa shape index (κ1) is 15.8. The second kappa shape index (κ2) is 6.02. The van der Waals surface area contributed by atoms with E-state index >= 15 is 0 Å². The van der Waals surface area contributed by atoms with Gasteiger partial charge in [-0.2, -0.15) is 0 Å². The van der Waals surface area contributed by atoms with Crippen molar-refractivity contribution >= 4 is 6.03 Å². The normalized spacial score (nSPS) is 17.9. The maximum atomic E-state index is 12.1. The minimum atomic E-state index is -0.509. The summed E-state index contributed by atoms with van der Waals surface area (Å²) in [5.74, 6) is 0.390. The van der Waals surface area contributed by atoms with Crippen LogP contribution in [0.2, 0.25) is 0 Å². The van der Waals surface area contributed by atoms with Crippen molar-refractivity contribution in [3.05, 3.63) is 30.1 Å². The molecular weight excluding hydrogens is 266 g/mol. The van der Waals surface area contributed by atoms with Crippen LogP contribution in [0.5, 0.6) is 0 Å². The zero-order valence-electron chi connectivity index (χ0n) is 13.0. The summed E-state index contributed by atoms with van der Waals surface area (Å²) >= 11 is 0. The van der Waals surface area contributed by atoms with Crippen LogP contribution in [-0.4, -0.2) is 34.8 Å². The molecule has 3 N–H and O–H groups in total. The monoisotopic (exact) mass is 291 g/mol. The molecule has 5 heteroatoms. The van der Waals surface area contributed by atoms with E-state index in [0.29, 0.717) is 12.5 Å². The van der Waals surface area contributed by atoms with Crippen molar-refractivity contribution in [2.45, 2.75) is 44.6 Å². The summed E-state index contributed by atoms with van der Waals surface area (Å²) in [5.41, 5.74) is 0.449. The highest BCUT2D eigenvalue weighted by Crippen LogP contribution is 2.39. The molecular formula is C16H25N3O2. The van der Waals surface area contributed by atoms with Crippen molar-refractivity contribution in [2.75, 3.05) is 13.2 Å². The predicted octanol–water partition coefficient (Wildman–Crippen LogP) is 1.82. The number of hydrogen-bond donors (Lipinski definition) is 3. The number of nitrogens with one attached hydrogen (secondary N) is 2. The summed E-state index contributed by atoms with van der Waals surface area (Å²) in [5, 5.41) is 15.3. The van der Waals surface area contributed by atoms with Crippen molar-refractivity contribution in [3.63, 3.8) is 0 Å². The minimum absolute atomic E-state index is 0.0289. The number of rotatable bonds is 6. The summed E-state index contributed by atoms with van der Waals surface area (Å²) < 4.78 is 0. The molecule has 1 saturated carbocycles. The van der Waals surface area contributed by atoms with Gasteiger partial charge in [-0.05, 0) is 43.4 Å². The summed E-state index contributed by atoms with van der Waals surface area (Å²) in [6, 6.07) is 3.70. The van der Waals surface area contributed by atoms with Gasteiger partial charge in [-0.3, -0.25) is 4.98 Å². The summed E-state index contributed by atoms with van der Waals surface area (Å²) in [6.45, 7) is 6.55. The third-order valence-electron chi connectivity index (χ3n) is 4.36. The molecule has 5 nitrogen and oxygen atoms in total. The van der Waals surface area contributed by atoms with Crippen molar-refractivity contribution < 1.29 is 9.90 Å². The van der Waals surface area contributed by atoms with E-state index in [4.69, 9.17) is 0 Å². The number of hydrogen-bond acceptors (Lipinski definition) is 3. The molecule has 0 saturated heterocycles. The Balaban J connectivity index is 1.89. The molecule has 0 spiro atoms. The van der Waals surface area contributed by atoms with E-state index in [1.807, 2.05) is 19.1 Å². The van der Waals surface area contributed by atoms with E-state index in [2.05, 4.69) is 29.5 Å². The zero-order chi connectivity index (χ0) is 15.5. The Morgan fingerprint density at radius 2 is 1.95 bits per heavy atom. The molecule has 1 aromatic heterocycles. The van der Waals surface area contributed by atoms with Crippen molar-refractivity contribution in [2.24, 2.45) is 5.92 Å². The van der Waals surface area contributed by atoms with Gasteiger partial charge >= 0.3 is 6.03 Å². The van der Waals surface area contributed by atoms with Gasteiger partial charge in [-0.15, -0.1) is 0 Å². The van der Waals surface area contributed by atoms with Gasteiger partial charge in [0.15, 0.2) is 0 Å². The number of pyridine rings is 1. The average molecular weight is 291 g/mol. The van der Waals surface area contributed by atoms with Crippen LogP contribution in [0.3, 0.4) is 0 Å². The van der Waals surface area contributed by atoms with Crippen molar-refractivity contribution in [1.82, 2.24) is 15.6 Å². The first-order valence-electron chi connectivity index (χ1n) is 7.45. The van der Waals surface area contributed by atoms with Crippen LogP contribution in [-0.2, 0) is 5.41 Å². The molecule has 116 valence electrons. The summed E-state index contributed by atoms with van der Waals surface area (Å²) in [6.07, 6.45) is 5.65. The first-order chi connectivity index (χ1) is 9.87. The quantitative estimate of drug-likeness (QED) is 0.748. The first-order valence-corrected chi connectivity index (χ1v) is 7.45. The van der Waals surface area contributed by atoms with Crippen LogP contribution < -0.4 is 10.6 Å². The molecule has 0 bridgehead atoms. The lowest BCUT2D eigenvalue weighted by Crippen LogP contribution is -2.55. The van der Waals surface area contributed by atoms with Crippen LogP contribution in [0.4, 0.5) is 4.79 Å². The fourth-order valence-corrected chi connectivity index (χ4v) is 2.50. The number of nitrogens with zero attached hydrogens (tertiary/aromatic N) is 1. The fourth-order valence-electron chi connectivity index (χ4n) is 2.50. The Labute approximate surface area is 126 Å². The Kier molecular flexibility index (Phi) is 4.52. The van der Waals surface area contributed by atoms with Gasteiger partial charge < -0.3 is 15.7 Å². The van der Waals surface area contributed by atoms with Gasteiger partial charge in [0.05, 0.1) is 12.1 Å². The number of aromatic nitrogens is 1. The highest BCUT2D eigenvalue weighted by molar-refractivity contribution is 5.75. The van der Waals surface area contributed by atoms with Crippen LogP contribution in [0, 0.1) is 5.92 Å².